The van der Waals surface area contributed by atoms with E-state index in [0.29, 0.717) is 27.4 Å². The van der Waals surface area contributed by atoms with E-state index in [1.807, 2.05) is 42.5 Å². The van der Waals surface area contributed by atoms with Crippen LogP contribution in [0.25, 0.3) is 27.7 Å². The van der Waals surface area contributed by atoms with Gasteiger partial charge < -0.3 is 4.74 Å². The van der Waals surface area contributed by atoms with Crippen LogP contribution in [0.5, 0.6) is 5.75 Å². The van der Waals surface area contributed by atoms with Crippen molar-refractivity contribution in [2.45, 2.75) is 6.61 Å². The standard InChI is InChI=1S/C19H12Cl2N6OS/c20-12-3-1-11(2-4-12)15-9-16(23-22-15)18-24-25-19-27(18)26-17(29-19)10-28-14-7-5-13(21)6-8-14/h1-9H,10H2,(H,22,23). The van der Waals surface area contributed by atoms with Crippen molar-refractivity contribution in [2.75, 3.05) is 0 Å². The van der Waals surface area contributed by atoms with Gasteiger partial charge in [0, 0.05) is 15.6 Å². The summed E-state index contributed by atoms with van der Waals surface area (Å²) in [7, 11) is 0. The van der Waals surface area contributed by atoms with Crippen molar-refractivity contribution in [1.29, 1.82) is 0 Å². The lowest BCUT2D eigenvalue weighted by Crippen LogP contribution is -1.97. The van der Waals surface area contributed by atoms with Gasteiger partial charge in [-0.05, 0) is 42.5 Å². The molecule has 2 aromatic carbocycles. The summed E-state index contributed by atoms with van der Waals surface area (Å²) in [5.41, 5.74) is 2.46. The summed E-state index contributed by atoms with van der Waals surface area (Å²) >= 11 is 13.3. The second kappa shape index (κ2) is 7.47. The minimum atomic E-state index is 0.327. The van der Waals surface area contributed by atoms with E-state index in [4.69, 9.17) is 27.9 Å². The molecule has 0 bridgehead atoms. The molecule has 144 valence electrons. The summed E-state index contributed by atoms with van der Waals surface area (Å²) in [5, 5.41) is 22.5. The maximum atomic E-state index is 5.95. The molecule has 0 saturated heterocycles. The number of hydrogen-bond acceptors (Lipinski definition) is 6. The van der Waals surface area contributed by atoms with Crippen LogP contribution in [-0.2, 0) is 6.61 Å². The number of nitrogens with zero attached hydrogens (tertiary/aromatic N) is 5. The van der Waals surface area contributed by atoms with Crippen LogP contribution in [0, 0.1) is 0 Å². The fraction of sp³-hybridized carbons (Fsp3) is 0.0526. The zero-order valence-corrected chi connectivity index (χ0v) is 17.0. The normalized spacial score (nSPS) is 11.2. The van der Waals surface area contributed by atoms with Crippen LogP contribution >= 0.6 is 34.5 Å². The second-order valence-electron chi connectivity index (χ2n) is 6.13. The minimum Gasteiger partial charge on any atom is -0.486 e. The first-order valence-corrected chi connectivity index (χ1v) is 10.1. The third kappa shape index (κ3) is 3.69. The summed E-state index contributed by atoms with van der Waals surface area (Å²) < 4.78 is 7.44. The SMILES string of the molecule is Clc1ccc(OCc2nn3c(-c4cc(-c5ccc(Cl)cc5)n[nH]4)nnc3s2)cc1. The average molecular weight is 443 g/mol. The Bertz CT molecular complexity index is 1280. The van der Waals surface area contributed by atoms with Gasteiger partial charge in [-0.3, -0.25) is 5.10 Å². The van der Waals surface area contributed by atoms with Gasteiger partial charge >= 0.3 is 0 Å². The Kier molecular flexibility index (Phi) is 4.67. The summed E-state index contributed by atoms with van der Waals surface area (Å²) in [6, 6.07) is 16.6. The van der Waals surface area contributed by atoms with Gasteiger partial charge in [0.15, 0.2) is 5.01 Å². The number of nitrogens with one attached hydrogen (secondary N) is 1. The number of rotatable bonds is 5. The van der Waals surface area contributed by atoms with Crippen LogP contribution < -0.4 is 4.74 Å². The van der Waals surface area contributed by atoms with Crippen LogP contribution in [0.1, 0.15) is 5.01 Å². The molecule has 0 aliphatic rings. The summed E-state index contributed by atoms with van der Waals surface area (Å²) in [4.78, 5) is 0.678. The summed E-state index contributed by atoms with van der Waals surface area (Å²) in [5.74, 6) is 1.31. The van der Waals surface area contributed by atoms with E-state index >= 15 is 0 Å². The quantitative estimate of drug-likeness (QED) is 0.407. The predicted molar refractivity (Wildman–Crippen MR) is 112 cm³/mol. The second-order valence-corrected chi connectivity index (χ2v) is 8.04. The Morgan fingerprint density at radius 2 is 1.69 bits per heavy atom. The first-order valence-electron chi connectivity index (χ1n) is 8.57. The van der Waals surface area contributed by atoms with Crippen LogP contribution in [0.2, 0.25) is 10.0 Å². The molecule has 0 spiro atoms. The molecule has 0 amide bonds. The Morgan fingerprint density at radius 1 is 0.966 bits per heavy atom. The highest BCUT2D eigenvalue weighted by atomic mass is 35.5. The van der Waals surface area contributed by atoms with Crippen molar-refractivity contribution in [3.8, 4) is 28.5 Å². The monoisotopic (exact) mass is 442 g/mol. The number of fused-ring (bicyclic) bond motifs is 1. The highest BCUT2D eigenvalue weighted by Crippen LogP contribution is 2.26. The Morgan fingerprint density at radius 3 is 2.45 bits per heavy atom. The van der Waals surface area contributed by atoms with E-state index < -0.39 is 0 Å². The molecule has 0 radical (unpaired) electrons. The fourth-order valence-electron chi connectivity index (χ4n) is 2.76. The topological polar surface area (TPSA) is 81.0 Å². The molecule has 3 aromatic heterocycles. The molecule has 0 atom stereocenters. The lowest BCUT2D eigenvalue weighted by Gasteiger charge is -2.02. The Balaban J connectivity index is 1.38. The molecule has 0 aliphatic carbocycles. The van der Waals surface area contributed by atoms with Gasteiger partial charge in [-0.1, -0.05) is 46.7 Å². The van der Waals surface area contributed by atoms with Gasteiger partial charge in [-0.2, -0.15) is 14.7 Å². The summed E-state index contributed by atoms with van der Waals surface area (Å²) in [6.07, 6.45) is 0. The molecule has 0 saturated carbocycles. The van der Waals surface area contributed by atoms with Gasteiger partial charge in [0.05, 0.1) is 5.69 Å². The maximum absolute atomic E-state index is 5.95. The van der Waals surface area contributed by atoms with Crippen LogP contribution in [0.15, 0.2) is 54.6 Å². The first kappa shape index (κ1) is 18.1. The van der Waals surface area contributed by atoms with Crippen LogP contribution in [0.3, 0.4) is 0 Å². The molecule has 0 fully saturated rings. The molecule has 5 rings (SSSR count). The van der Waals surface area contributed by atoms with E-state index in [-0.39, 0.29) is 0 Å². The Hall–Kier alpha value is -2.94. The molecular weight excluding hydrogens is 431 g/mol. The largest absolute Gasteiger partial charge is 0.486 e. The van der Waals surface area contributed by atoms with Crippen LogP contribution in [-0.4, -0.2) is 30.0 Å². The zero-order chi connectivity index (χ0) is 19.8. The predicted octanol–water partition coefficient (Wildman–Crippen LogP) is 5.13. The number of aromatic nitrogens is 6. The van der Waals surface area contributed by atoms with Crippen molar-refractivity contribution in [3.05, 3.63) is 69.7 Å². The lowest BCUT2D eigenvalue weighted by atomic mass is 10.1. The third-order valence-electron chi connectivity index (χ3n) is 4.17. The molecule has 7 nitrogen and oxygen atoms in total. The van der Waals surface area contributed by atoms with E-state index in [1.165, 1.54) is 11.3 Å². The van der Waals surface area contributed by atoms with E-state index in [1.54, 1.807) is 16.6 Å². The zero-order valence-electron chi connectivity index (χ0n) is 14.7. The fourth-order valence-corrected chi connectivity index (χ4v) is 3.76. The van der Waals surface area contributed by atoms with Crippen molar-refractivity contribution >= 4 is 39.5 Å². The highest BCUT2D eigenvalue weighted by molar-refractivity contribution is 7.16. The average Bonchev–Trinajstić information content (AvgIpc) is 3.44. The minimum absolute atomic E-state index is 0.327. The molecule has 0 unspecified atom stereocenters. The number of ether oxygens (including phenoxy) is 1. The molecule has 10 heteroatoms. The summed E-state index contributed by atoms with van der Waals surface area (Å²) in [6.45, 7) is 0.327. The number of halogens is 2. The van der Waals surface area contributed by atoms with Gasteiger partial charge in [0.1, 0.15) is 18.1 Å². The van der Waals surface area contributed by atoms with Crippen molar-refractivity contribution < 1.29 is 4.74 Å². The first-order chi connectivity index (χ1) is 14.2. The van der Waals surface area contributed by atoms with Gasteiger partial charge in [0.2, 0.25) is 10.8 Å². The number of benzene rings is 2. The smallest absolute Gasteiger partial charge is 0.235 e. The van der Waals surface area contributed by atoms with E-state index in [2.05, 4.69) is 25.5 Å². The number of aromatic amines is 1. The molecule has 0 aliphatic heterocycles. The molecular formula is C19H12Cl2N6OS. The molecule has 1 N–H and O–H groups in total. The third-order valence-corrected chi connectivity index (χ3v) is 5.54. The van der Waals surface area contributed by atoms with Gasteiger partial charge in [-0.15, -0.1) is 10.2 Å². The molecule has 29 heavy (non-hydrogen) atoms. The maximum Gasteiger partial charge on any atom is 0.235 e. The molecule has 5 aromatic rings. The molecule has 3 heterocycles. The Labute approximate surface area is 178 Å². The van der Waals surface area contributed by atoms with Crippen molar-refractivity contribution in [1.82, 2.24) is 30.0 Å². The van der Waals surface area contributed by atoms with Gasteiger partial charge in [-0.25, -0.2) is 0 Å². The number of H-pyrrole nitrogens is 1. The van der Waals surface area contributed by atoms with Crippen molar-refractivity contribution in [3.63, 3.8) is 0 Å². The van der Waals surface area contributed by atoms with Crippen LogP contribution in [0.4, 0.5) is 0 Å². The van der Waals surface area contributed by atoms with E-state index in [9.17, 15) is 0 Å². The van der Waals surface area contributed by atoms with Crippen molar-refractivity contribution in [2.24, 2.45) is 0 Å². The number of hydrogen-bond donors (Lipinski definition) is 1. The highest BCUT2D eigenvalue weighted by Gasteiger charge is 2.16. The lowest BCUT2D eigenvalue weighted by molar-refractivity contribution is 0.304. The van der Waals surface area contributed by atoms with Gasteiger partial charge in [0.25, 0.3) is 0 Å². The van der Waals surface area contributed by atoms with E-state index in [0.717, 1.165) is 27.7 Å².